The lowest BCUT2D eigenvalue weighted by atomic mass is 10.1. The van der Waals surface area contributed by atoms with Crippen molar-refractivity contribution < 1.29 is 19.8 Å². The van der Waals surface area contributed by atoms with Gasteiger partial charge in [0.25, 0.3) is 0 Å². The minimum absolute atomic E-state index is 0.0129. The van der Waals surface area contributed by atoms with Gasteiger partial charge in [0, 0.05) is 11.1 Å². The van der Waals surface area contributed by atoms with Crippen LogP contribution in [0.2, 0.25) is 0 Å². The Kier molecular flexibility index (Phi) is 3.91. The summed E-state index contributed by atoms with van der Waals surface area (Å²) in [4.78, 5) is 21.8. The number of nitrogen functional groups attached to an aromatic ring is 1. The van der Waals surface area contributed by atoms with Gasteiger partial charge in [0.15, 0.2) is 0 Å². The molecule has 21 heavy (non-hydrogen) atoms. The topological polar surface area (TPSA) is 101 Å². The molecule has 0 radical (unpaired) electrons. The fourth-order valence-corrected chi connectivity index (χ4v) is 1.73. The van der Waals surface area contributed by atoms with Crippen LogP contribution in [0.3, 0.4) is 0 Å². The summed E-state index contributed by atoms with van der Waals surface area (Å²) in [7, 11) is 0. The molecule has 0 aliphatic carbocycles. The van der Waals surface area contributed by atoms with E-state index in [0.29, 0.717) is 11.1 Å². The number of hydrogen-bond donors (Lipinski definition) is 3. The van der Waals surface area contributed by atoms with Gasteiger partial charge in [-0.1, -0.05) is 24.0 Å². The molecule has 0 unspecified atom stereocenters. The molecule has 2 rings (SSSR count). The first kappa shape index (κ1) is 14.2. The first-order chi connectivity index (χ1) is 9.99. The van der Waals surface area contributed by atoms with E-state index in [9.17, 15) is 9.59 Å². The van der Waals surface area contributed by atoms with E-state index in [1.54, 1.807) is 24.3 Å². The van der Waals surface area contributed by atoms with Crippen molar-refractivity contribution in [3.63, 3.8) is 0 Å². The first-order valence-electron chi connectivity index (χ1n) is 5.96. The molecule has 5 heteroatoms. The van der Waals surface area contributed by atoms with Crippen molar-refractivity contribution in [1.82, 2.24) is 0 Å². The van der Waals surface area contributed by atoms with Gasteiger partial charge in [0.05, 0.1) is 16.8 Å². The third-order valence-corrected chi connectivity index (χ3v) is 2.79. The molecular formula is C16H11NO4. The Morgan fingerprint density at radius 2 is 1.67 bits per heavy atom. The maximum atomic E-state index is 11.0. The van der Waals surface area contributed by atoms with Crippen molar-refractivity contribution in [2.24, 2.45) is 0 Å². The highest BCUT2D eigenvalue weighted by molar-refractivity contribution is 5.95. The second-order valence-electron chi connectivity index (χ2n) is 4.21. The summed E-state index contributed by atoms with van der Waals surface area (Å²) in [6, 6.07) is 10.7. The van der Waals surface area contributed by atoms with Gasteiger partial charge in [-0.2, -0.15) is 0 Å². The molecule has 0 bridgehead atoms. The van der Waals surface area contributed by atoms with Crippen molar-refractivity contribution in [2.45, 2.75) is 0 Å². The van der Waals surface area contributed by atoms with Crippen molar-refractivity contribution in [2.75, 3.05) is 5.73 Å². The fourth-order valence-electron chi connectivity index (χ4n) is 1.73. The van der Waals surface area contributed by atoms with Crippen LogP contribution < -0.4 is 5.73 Å². The van der Waals surface area contributed by atoms with Gasteiger partial charge in [-0.3, -0.25) is 0 Å². The molecule has 4 N–H and O–H groups in total. The van der Waals surface area contributed by atoms with Crippen molar-refractivity contribution in [3.8, 4) is 11.8 Å². The molecule has 0 aliphatic heterocycles. The zero-order valence-electron chi connectivity index (χ0n) is 10.8. The number of nitrogens with two attached hydrogens (primary N) is 1. The summed E-state index contributed by atoms with van der Waals surface area (Å²) in [5.41, 5.74) is 6.85. The van der Waals surface area contributed by atoms with Crippen LogP contribution in [0.5, 0.6) is 0 Å². The van der Waals surface area contributed by atoms with Crippen LogP contribution in [0.25, 0.3) is 0 Å². The van der Waals surface area contributed by atoms with Crippen LogP contribution >= 0.6 is 0 Å². The Morgan fingerprint density at radius 1 is 0.952 bits per heavy atom. The molecule has 2 aromatic carbocycles. The number of rotatable bonds is 2. The number of carbonyl (C=O) groups is 2. The van der Waals surface area contributed by atoms with Crippen LogP contribution in [0.15, 0.2) is 42.5 Å². The largest absolute Gasteiger partial charge is 0.478 e. The summed E-state index contributed by atoms with van der Waals surface area (Å²) in [6.07, 6.45) is 0. The predicted molar refractivity (Wildman–Crippen MR) is 77.2 cm³/mol. The van der Waals surface area contributed by atoms with Gasteiger partial charge in [-0.15, -0.1) is 0 Å². The Bertz CT molecular complexity index is 784. The molecular weight excluding hydrogens is 270 g/mol. The third-order valence-electron chi connectivity index (χ3n) is 2.79. The van der Waals surface area contributed by atoms with E-state index in [2.05, 4.69) is 11.8 Å². The first-order valence-corrected chi connectivity index (χ1v) is 5.96. The molecule has 0 aromatic heterocycles. The molecule has 0 spiro atoms. The monoisotopic (exact) mass is 281 g/mol. The zero-order chi connectivity index (χ0) is 15.4. The Labute approximate surface area is 120 Å². The number of benzene rings is 2. The normalized spacial score (nSPS) is 9.52. The summed E-state index contributed by atoms with van der Waals surface area (Å²) < 4.78 is 0. The van der Waals surface area contributed by atoms with E-state index < -0.39 is 11.9 Å². The summed E-state index contributed by atoms with van der Waals surface area (Å²) in [5, 5.41) is 17.9. The number of anilines is 1. The number of carboxylic acids is 2. The minimum atomic E-state index is -1.12. The average molecular weight is 281 g/mol. The lowest BCUT2D eigenvalue weighted by molar-refractivity contribution is 0.0686. The number of aromatic carboxylic acids is 2. The van der Waals surface area contributed by atoms with Crippen LogP contribution in [-0.2, 0) is 0 Å². The Balaban J connectivity index is 2.40. The molecule has 0 amide bonds. The number of hydrogen-bond acceptors (Lipinski definition) is 3. The van der Waals surface area contributed by atoms with Crippen LogP contribution in [-0.4, -0.2) is 22.2 Å². The molecule has 0 saturated carbocycles. The van der Waals surface area contributed by atoms with E-state index in [1.165, 1.54) is 18.2 Å². The van der Waals surface area contributed by atoms with Crippen LogP contribution in [0.1, 0.15) is 31.8 Å². The van der Waals surface area contributed by atoms with E-state index >= 15 is 0 Å². The fraction of sp³-hybridized carbons (Fsp3) is 0. The highest BCUT2D eigenvalue weighted by atomic mass is 16.4. The molecule has 0 fully saturated rings. The SMILES string of the molecule is Nc1c(C#Cc2cccc(C(=O)O)c2)cccc1C(=O)O. The lowest BCUT2D eigenvalue weighted by Crippen LogP contribution is -2.03. The van der Waals surface area contributed by atoms with Crippen molar-refractivity contribution in [3.05, 3.63) is 64.7 Å². The molecule has 0 aliphatic rings. The van der Waals surface area contributed by atoms with Crippen molar-refractivity contribution in [1.29, 1.82) is 0 Å². The summed E-state index contributed by atoms with van der Waals surface area (Å²) in [6.45, 7) is 0. The smallest absolute Gasteiger partial charge is 0.337 e. The van der Waals surface area contributed by atoms with E-state index in [-0.39, 0.29) is 16.8 Å². The second-order valence-corrected chi connectivity index (χ2v) is 4.21. The van der Waals surface area contributed by atoms with Crippen LogP contribution in [0.4, 0.5) is 5.69 Å². The van der Waals surface area contributed by atoms with Gasteiger partial charge in [-0.05, 0) is 30.3 Å². The standard InChI is InChI=1S/C16H11NO4/c17-14-11(4-2-6-13(14)16(20)21)8-7-10-3-1-5-12(9-10)15(18)19/h1-6,9H,17H2,(H,18,19)(H,20,21). The summed E-state index contributed by atoms with van der Waals surface area (Å²) in [5.74, 6) is 3.38. The maximum Gasteiger partial charge on any atom is 0.337 e. The molecule has 0 heterocycles. The molecule has 2 aromatic rings. The lowest BCUT2D eigenvalue weighted by Gasteiger charge is -2.02. The highest BCUT2D eigenvalue weighted by Crippen LogP contribution is 2.16. The quantitative estimate of drug-likeness (QED) is 0.578. The van der Waals surface area contributed by atoms with E-state index in [1.807, 2.05) is 0 Å². The Morgan fingerprint density at radius 3 is 2.33 bits per heavy atom. The Hall–Kier alpha value is -3.26. The van der Waals surface area contributed by atoms with Gasteiger partial charge >= 0.3 is 11.9 Å². The average Bonchev–Trinajstić information content (AvgIpc) is 2.46. The third kappa shape index (κ3) is 3.19. The molecule has 5 nitrogen and oxygen atoms in total. The zero-order valence-corrected chi connectivity index (χ0v) is 10.8. The van der Waals surface area contributed by atoms with Gasteiger partial charge < -0.3 is 15.9 Å². The van der Waals surface area contributed by atoms with E-state index in [0.717, 1.165) is 0 Å². The van der Waals surface area contributed by atoms with E-state index in [4.69, 9.17) is 15.9 Å². The van der Waals surface area contributed by atoms with Gasteiger partial charge in [0.2, 0.25) is 0 Å². The number of para-hydroxylation sites is 1. The highest BCUT2D eigenvalue weighted by Gasteiger charge is 2.09. The summed E-state index contributed by atoms with van der Waals surface area (Å²) >= 11 is 0. The molecule has 0 saturated heterocycles. The predicted octanol–water partition coefficient (Wildman–Crippen LogP) is 2.06. The van der Waals surface area contributed by atoms with Gasteiger partial charge in [0.1, 0.15) is 0 Å². The maximum absolute atomic E-state index is 11.0. The molecule has 104 valence electrons. The second kappa shape index (κ2) is 5.80. The van der Waals surface area contributed by atoms with Crippen molar-refractivity contribution >= 4 is 17.6 Å². The minimum Gasteiger partial charge on any atom is -0.478 e. The number of carboxylic acid groups (broad SMARTS) is 2. The van der Waals surface area contributed by atoms with Gasteiger partial charge in [-0.25, -0.2) is 9.59 Å². The molecule has 0 atom stereocenters. The van der Waals surface area contributed by atoms with Crippen LogP contribution in [0, 0.1) is 11.8 Å².